The van der Waals surface area contributed by atoms with Gasteiger partial charge in [0.05, 0.1) is 17.6 Å². The average molecular weight is 267 g/mol. The SMILES string of the molecule is COC1(c2noc(CSCC#N)n2)CCCCC1. The minimum Gasteiger partial charge on any atom is -0.370 e. The van der Waals surface area contributed by atoms with E-state index < -0.39 is 0 Å². The maximum atomic E-state index is 8.47. The number of nitriles is 1. The Morgan fingerprint density at radius 2 is 2.22 bits per heavy atom. The Labute approximate surface area is 111 Å². The molecule has 1 aliphatic rings. The fourth-order valence-corrected chi connectivity index (χ4v) is 2.81. The molecule has 0 aliphatic heterocycles. The lowest BCUT2D eigenvalue weighted by Crippen LogP contribution is -2.32. The number of thioether (sulfide) groups is 1. The van der Waals surface area contributed by atoms with E-state index in [1.807, 2.05) is 0 Å². The van der Waals surface area contributed by atoms with Crippen LogP contribution in [0, 0.1) is 11.3 Å². The van der Waals surface area contributed by atoms with Crippen LogP contribution < -0.4 is 0 Å². The number of hydrogen-bond acceptors (Lipinski definition) is 6. The van der Waals surface area contributed by atoms with Gasteiger partial charge < -0.3 is 9.26 Å². The Bertz CT molecular complexity index is 421. The second-order valence-corrected chi connectivity index (χ2v) is 5.41. The van der Waals surface area contributed by atoms with Crippen LogP contribution in [0.15, 0.2) is 4.52 Å². The maximum Gasteiger partial charge on any atom is 0.236 e. The van der Waals surface area contributed by atoms with E-state index in [9.17, 15) is 0 Å². The Morgan fingerprint density at radius 3 is 2.89 bits per heavy atom. The fourth-order valence-electron chi connectivity index (χ4n) is 2.32. The predicted octanol–water partition coefficient (Wildman–Crippen LogP) is 2.63. The summed E-state index contributed by atoms with van der Waals surface area (Å²) >= 11 is 1.47. The summed E-state index contributed by atoms with van der Waals surface area (Å²) in [6.07, 6.45) is 5.43. The highest BCUT2D eigenvalue weighted by atomic mass is 32.2. The minimum atomic E-state index is -0.361. The normalized spacial score (nSPS) is 18.4. The molecule has 0 saturated heterocycles. The highest BCUT2D eigenvalue weighted by molar-refractivity contribution is 7.98. The first-order valence-electron chi connectivity index (χ1n) is 6.14. The highest BCUT2D eigenvalue weighted by Crippen LogP contribution is 2.38. The van der Waals surface area contributed by atoms with Gasteiger partial charge in [0, 0.05) is 7.11 Å². The second-order valence-electron chi connectivity index (χ2n) is 4.42. The van der Waals surface area contributed by atoms with Crippen LogP contribution in [0.3, 0.4) is 0 Å². The molecular formula is C12H17N3O2S. The number of ether oxygens (including phenoxy) is 1. The zero-order valence-corrected chi connectivity index (χ0v) is 11.3. The number of methoxy groups -OCH3 is 1. The van der Waals surface area contributed by atoms with Gasteiger partial charge in [0.1, 0.15) is 5.60 Å². The molecule has 1 fully saturated rings. The molecule has 0 radical (unpaired) electrons. The van der Waals surface area contributed by atoms with Gasteiger partial charge in [0.15, 0.2) is 0 Å². The van der Waals surface area contributed by atoms with Crippen LogP contribution in [0.4, 0.5) is 0 Å². The first-order valence-corrected chi connectivity index (χ1v) is 7.29. The van der Waals surface area contributed by atoms with Crippen LogP contribution in [0.5, 0.6) is 0 Å². The summed E-state index contributed by atoms with van der Waals surface area (Å²) in [4.78, 5) is 4.42. The smallest absolute Gasteiger partial charge is 0.236 e. The van der Waals surface area contributed by atoms with Crippen molar-refractivity contribution in [1.29, 1.82) is 5.26 Å². The second kappa shape index (κ2) is 6.21. The molecule has 0 N–H and O–H groups in total. The lowest BCUT2D eigenvalue weighted by Gasteiger charge is -2.32. The molecule has 5 nitrogen and oxygen atoms in total. The van der Waals surface area contributed by atoms with Gasteiger partial charge in [-0.1, -0.05) is 24.4 Å². The van der Waals surface area contributed by atoms with Crippen LogP contribution in [0.2, 0.25) is 0 Å². The molecule has 0 amide bonds. The monoisotopic (exact) mass is 267 g/mol. The predicted molar refractivity (Wildman–Crippen MR) is 67.8 cm³/mol. The largest absolute Gasteiger partial charge is 0.370 e. The molecule has 1 aromatic rings. The molecule has 1 heterocycles. The molecule has 0 bridgehead atoms. The molecule has 1 aliphatic carbocycles. The van der Waals surface area contributed by atoms with Gasteiger partial charge in [0.2, 0.25) is 11.7 Å². The van der Waals surface area contributed by atoms with Gasteiger partial charge in [-0.3, -0.25) is 0 Å². The van der Waals surface area contributed by atoms with Crippen molar-refractivity contribution < 1.29 is 9.26 Å². The first-order chi connectivity index (χ1) is 8.80. The van der Waals surface area contributed by atoms with Crippen molar-refractivity contribution >= 4 is 11.8 Å². The number of nitrogens with zero attached hydrogens (tertiary/aromatic N) is 3. The van der Waals surface area contributed by atoms with Gasteiger partial charge in [-0.2, -0.15) is 10.2 Å². The third kappa shape index (κ3) is 2.85. The van der Waals surface area contributed by atoms with Crippen molar-refractivity contribution in [1.82, 2.24) is 10.1 Å². The van der Waals surface area contributed by atoms with Crippen molar-refractivity contribution in [3.63, 3.8) is 0 Å². The zero-order valence-electron chi connectivity index (χ0n) is 10.5. The van der Waals surface area contributed by atoms with E-state index in [-0.39, 0.29) is 5.60 Å². The van der Waals surface area contributed by atoms with Crippen LogP contribution in [0.1, 0.15) is 43.8 Å². The van der Waals surface area contributed by atoms with Crippen molar-refractivity contribution in [2.24, 2.45) is 0 Å². The minimum absolute atomic E-state index is 0.361. The Morgan fingerprint density at radius 1 is 1.44 bits per heavy atom. The summed E-state index contributed by atoms with van der Waals surface area (Å²) < 4.78 is 10.9. The van der Waals surface area contributed by atoms with Crippen LogP contribution in [-0.4, -0.2) is 23.0 Å². The van der Waals surface area contributed by atoms with Gasteiger partial charge in [-0.25, -0.2) is 0 Å². The van der Waals surface area contributed by atoms with E-state index in [0.717, 1.165) is 25.7 Å². The van der Waals surface area contributed by atoms with Crippen molar-refractivity contribution in [3.8, 4) is 6.07 Å². The summed E-state index contributed by atoms with van der Waals surface area (Å²) in [5.41, 5.74) is -0.361. The van der Waals surface area contributed by atoms with E-state index in [2.05, 4.69) is 16.2 Å². The maximum absolute atomic E-state index is 8.47. The molecule has 6 heteroatoms. The third-order valence-corrected chi connectivity index (χ3v) is 4.10. The number of hydrogen-bond donors (Lipinski definition) is 0. The molecule has 2 rings (SSSR count). The van der Waals surface area contributed by atoms with Gasteiger partial charge in [-0.05, 0) is 12.8 Å². The summed E-state index contributed by atoms with van der Waals surface area (Å²) in [6.45, 7) is 0. The standard InChI is InChI=1S/C12H17N3O2S/c1-16-12(5-3-2-4-6-12)11-14-10(17-15-11)9-18-8-7-13/h2-6,8-9H2,1H3. The molecule has 0 unspecified atom stereocenters. The van der Waals surface area contributed by atoms with E-state index in [1.165, 1.54) is 18.2 Å². The third-order valence-electron chi connectivity index (χ3n) is 3.32. The average Bonchev–Trinajstić information content (AvgIpc) is 2.89. The Balaban J connectivity index is 2.05. The molecule has 0 spiro atoms. The van der Waals surface area contributed by atoms with Gasteiger partial charge in [-0.15, -0.1) is 11.8 Å². The summed E-state index contributed by atoms with van der Waals surface area (Å²) in [6, 6.07) is 2.08. The van der Waals surface area contributed by atoms with E-state index >= 15 is 0 Å². The number of aromatic nitrogens is 2. The first kappa shape index (κ1) is 13.4. The van der Waals surface area contributed by atoms with E-state index in [4.69, 9.17) is 14.5 Å². The fraction of sp³-hybridized carbons (Fsp3) is 0.750. The van der Waals surface area contributed by atoms with E-state index in [0.29, 0.717) is 23.2 Å². The lowest BCUT2D eigenvalue weighted by molar-refractivity contribution is -0.0527. The van der Waals surface area contributed by atoms with Gasteiger partial charge >= 0.3 is 0 Å². The molecular weight excluding hydrogens is 250 g/mol. The Hall–Kier alpha value is -1.06. The molecule has 1 aromatic heterocycles. The summed E-state index contributed by atoms with van der Waals surface area (Å²) in [7, 11) is 1.71. The number of rotatable bonds is 5. The van der Waals surface area contributed by atoms with Crippen LogP contribution >= 0.6 is 11.8 Å². The molecule has 1 saturated carbocycles. The van der Waals surface area contributed by atoms with Crippen molar-refractivity contribution in [3.05, 3.63) is 11.7 Å². The van der Waals surface area contributed by atoms with Crippen molar-refractivity contribution in [2.75, 3.05) is 12.9 Å². The zero-order chi connectivity index (χ0) is 12.8. The van der Waals surface area contributed by atoms with Gasteiger partial charge in [0.25, 0.3) is 0 Å². The summed E-state index contributed by atoms with van der Waals surface area (Å²) in [5, 5.41) is 12.5. The topological polar surface area (TPSA) is 71.9 Å². The lowest BCUT2D eigenvalue weighted by atomic mass is 9.84. The Kier molecular flexibility index (Phi) is 4.61. The summed E-state index contributed by atoms with van der Waals surface area (Å²) in [5.74, 6) is 2.26. The van der Waals surface area contributed by atoms with E-state index in [1.54, 1.807) is 7.11 Å². The molecule has 18 heavy (non-hydrogen) atoms. The highest BCUT2D eigenvalue weighted by Gasteiger charge is 2.38. The molecule has 0 aromatic carbocycles. The molecule has 0 atom stereocenters. The van der Waals surface area contributed by atoms with Crippen LogP contribution in [-0.2, 0) is 16.1 Å². The quantitative estimate of drug-likeness (QED) is 0.764. The molecule has 98 valence electrons. The van der Waals surface area contributed by atoms with Crippen molar-refractivity contribution in [2.45, 2.75) is 43.5 Å². The van der Waals surface area contributed by atoms with Crippen LogP contribution in [0.25, 0.3) is 0 Å².